The second-order valence-electron chi connectivity index (χ2n) is 4.79. The number of methoxy groups -OCH3 is 1. The fourth-order valence-corrected chi connectivity index (χ4v) is 3.69. The van der Waals surface area contributed by atoms with Crippen LogP contribution in [-0.4, -0.2) is 17.5 Å². The molecular weight excluding hydrogens is 286 g/mol. The number of ether oxygens (including phenoxy) is 1. The van der Waals surface area contributed by atoms with Crippen LogP contribution in [0.1, 0.15) is 15.4 Å². The van der Waals surface area contributed by atoms with Gasteiger partial charge in [0.15, 0.2) is 0 Å². The molecule has 0 N–H and O–H groups in total. The van der Waals surface area contributed by atoms with Gasteiger partial charge in [-0.2, -0.15) is 0 Å². The SMILES string of the molecule is COc1ccc(-c2csc3c2-n2cccc2C3=O)cc1[O-]. The fraction of sp³-hybridized carbons (Fsp3) is 0.0625. The van der Waals surface area contributed by atoms with E-state index in [-0.39, 0.29) is 11.5 Å². The van der Waals surface area contributed by atoms with Crippen LogP contribution in [0.2, 0.25) is 0 Å². The summed E-state index contributed by atoms with van der Waals surface area (Å²) in [6, 6.07) is 8.72. The maximum Gasteiger partial charge on any atom is 0.221 e. The molecule has 2 aromatic heterocycles. The number of hydrogen-bond acceptors (Lipinski definition) is 4. The summed E-state index contributed by atoms with van der Waals surface area (Å²) < 4.78 is 6.89. The van der Waals surface area contributed by atoms with Crippen LogP contribution in [0.25, 0.3) is 16.8 Å². The molecule has 0 unspecified atom stereocenters. The van der Waals surface area contributed by atoms with Crippen LogP contribution in [0.3, 0.4) is 0 Å². The Labute approximate surface area is 124 Å². The molecule has 3 aromatic rings. The van der Waals surface area contributed by atoms with Crippen molar-refractivity contribution in [3.63, 3.8) is 0 Å². The van der Waals surface area contributed by atoms with Gasteiger partial charge in [0.25, 0.3) is 0 Å². The summed E-state index contributed by atoms with van der Waals surface area (Å²) in [6.07, 6.45) is 1.87. The predicted octanol–water partition coefficient (Wildman–Crippen LogP) is 2.83. The van der Waals surface area contributed by atoms with E-state index in [1.807, 2.05) is 34.3 Å². The standard InChI is InChI=1S/C16H11NO3S/c1-20-13-5-4-9(7-12(13)18)10-8-21-16-14(10)17-6-2-3-11(17)15(16)19/h2-8,18H,1H3/p-1. The van der Waals surface area contributed by atoms with Crippen molar-refractivity contribution < 1.29 is 14.6 Å². The molecule has 4 nitrogen and oxygen atoms in total. The molecule has 0 aliphatic carbocycles. The number of nitrogens with zero attached hydrogens (tertiary/aromatic N) is 1. The third-order valence-corrected chi connectivity index (χ3v) is 4.64. The van der Waals surface area contributed by atoms with Gasteiger partial charge in [0.05, 0.1) is 18.5 Å². The summed E-state index contributed by atoms with van der Waals surface area (Å²) >= 11 is 1.41. The molecule has 0 spiro atoms. The molecule has 1 aromatic carbocycles. The topological polar surface area (TPSA) is 54.3 Å². The first kappa shape index (κ1) is 12.2. The lowest BCUT2D eigenvalue weighted by molar-refractivity contribution is -0.270. The minimum atomic E-state index is -0.160. The zero-order valence-corrected chi connectivity index (χ0v) is 11.9. The molecule has 1 aliphatic heterocycles. The van der Waals surface area contributed by atoms with Crippen molar-refractivity contribution in [3.05, 3.63) is 52.5 Å². The Hall–Kier alpha value is -2.53. The molecule has 0 saturated carbocycles. The van der Waals surface area contributed by atoms with Crippen LogP contribution < -0.4 is 9.84 Å². The number of aromatic nitrogens is 1. The van der Waals surface area contributed by atoms with Gasteiger partial charge < -0.3 is 14.4 Å². The number of benzene rings is 1. The minimum Gasteiger partial charge on any atom is -0.870 e. The van der Waals surface area contributed by atoms with E-state index >= 15 is 0 Å². The van der Waals surface area contributed by atoms with Crippen molar-refractivity contribution in [2.75, 3.05) is 7.11 Å². The average Bonchev–Trinajstić information content (AvgIpc) is 3.16. The summed E-state index contributed by atoms with van der Waals surface area (Å²) in [5, 5.41) is 13.9. The van der Waals surface area contributed by atoms with E-state index in [0.717, 1.165) is 21.7 Å². The molecule has 21 heavy (non-hydrogen) atoms. The van der Waals surface area contributed by atoms with Crippen molar-refractivity contribution in [3.8, 4) is 28.3 Å². The van der Waals surface area contributed by atoms with E-state index in [2.05, 4.69) is 0 Å². The first-order valence-electron chi connectivity index (χ1n) is 6.40. The summed E-state index contributed by atoms with van der Waals surface area (Å²) in [7, 11) is 1.48. The van der Waals surface area contributed by atoms with E-state index in [1.165, 1.54) is 18.4 Å². The Balaban J connectivity index is 1.92. The zero-order chi connectivity index (χ0) is 14.6. The quantitative estimate of drug-likeness (QED) is 0.571. The van der Waals surface area contributed by atoms with E-state index in [4.69, 9.17) is 4.74 Å². The van der Waals surface area contributed by atoms with E-state index < -0.39 is 0 Å². The highest BCUT2D eigenvalue weighted by atomic mass is 32.1. The summed E-state index contributed by atoms with van der Waals surface area (Å²) in [5.41, 5.74) is 3.24. The van der Waals surface area contributed by atoms with Crippen molar-refractivity contribution in [1.29, 1.82) is 0 Å². The number of ketones is 1. The third-order valence-electron chi connectivity index (χ3n) is 3.67. The largest absolute Gasteiger partial charge is 0.870 e. The Kier molecular flexibility index (Phi) is 2.46. The van der Waals surface area contributed by atoms with Crippen LogP contribution in [0.15, 0.2) is 41.9 Å². The minimum absolute atomic E-state index is 0.0436. The van der Waals surface area contributed by atoms with Gasteiger partial charge in [0.1, 0.15) is 10.6 Å². The smallest absolute Gasteiger partial charge is 0.221 e. The second kappa shape index (κ2) is 4.23. The Bertz CT molecular complexity index is 876. The summed E-state index contributed by atoms with van der Waals surface area (Å²) in [5.74, 6) is 0.206. The maximum atomic E-state index is 12.3. The van der Waals surface area contributed by atoms with Gasteiger partial charge in [-0.25, -0.2) is 0 Å². The Morgan fingerprint density at radius 3 is 2.90 bits per heavy atom. The maximum absolute atomic E-state index is 12.3. The van der Waals surface area contributed by atoms with Crippen LogP contribution >= 0.6 is 11.3 Å². The van der Waals surface area contributed by atoms with Gasteiger partial charge in [-0.3, -0.25) is 4.79 Å². The highest BCUT2D eigenvalue weighted by molar-refractivity contribution is 7.13. The highest BCUT2D eigenvalue weighted by Gasteiger charge is 2.30. The third kappa shape index (κ3) is 1.58. The number of carbonyl (C=O) groups is 1. The molecule has 104 valence electrons. The van der Waals surface area contributed by atoms with Gasteiger partial charge in [-0.15, -0.1) is 11.3 Å². The van der Waals surface area contributed by atoms with E-state index in [1.54, 1.807) is 12.1 Å². The number of thiophene rings is 1. The van der Waals surface area contributed by atoms with Gasteiger partial charge in [-0.05, 0) is 23.8 Å². The van der Waals surface area contributed by atoms with Gasteiger partial charge in [0, 0.05) is 17.1 Å². The number of hydrogen-bond donors (Lipinski definition) is 0. The lowest BCUT2D eigenvalue weighted by Crippen LogP contribution is -1.96. The number of rotatable bonds is 2. The van der Waals surface area contributed by atoms with Crippen LogP contribution in [-0.2, 0) is 0 Å². The molecule has 0 atom stereocenters. The monoisotopic (exact) mass is 296 g/mol. The lowest BCUT2D eigenvalue weighted by Gasteiger charge is -2.14. The van der Waals surface area contributed by atoms with Crippen molar-refractivity contribution in [2.45, 2.75) is 0 Å². The van der Waals surface area contributed by atoms with Gasteiger partial charge >= 0.3 is 0 Å². The van der Waals surface area contributed by atoms with Crippen molar-refractivity contribution in [1.82, 2.24) is 4.57 Å². The Morgan fingerprint density at radius 1 is 1.29 bits per heavy atom. The number of fused-ring (bicyclic) bond motifs is 3. The fourth-order valence-electron chi connectivity index (χ4n) is 2.68. The van der Waals surface area contributed by atoms with Gasteiger partial charge in [-0.1, -0.05) is 17.9 Å². The molecule has 3 heterocycles. The van der Waals surface area contributed by atoms with Crippen LogP contribution in [0.4, 0.5) is 0 Å². The summed E-state index contributed by atoms with van der Waals surface area (Å²) in [4.78, 5) is 13.0. The van der Waals surface area contributed by atoms with E-state index in [0.29, 0.717) is 11.4 Å². The van der Waals surface area contributed by atoms with Crippen molar-refractivity contribution in [2.24, 2.45) is 0 Å². The van der Waals surface area contributed by atoms with Crippen molar-refractivity contribution >= 4 is 17.1 Å². The molecule has 5 heteroatoms. The lowest BCUT2D eigenvalue weighted by atomic mass is 10.1. The summed E-state index contributed by atoms with van der Waals surface area (Å²) in [6.45, 7) is 0. The van der Waals surface area contributed by atoms with Crippen LogP contribution in [0.5, 0.6) is 11.5 Å². The highest BCUT2D eigenvalue weighted by Crippen LogP contribution is 2.42. The first-order chi connectivity index (χ1) is 10.2. The predicted molar refractivity (Wildman–Crippen MR) is 78.5 cm³/mol. The normalized spacial score (nSPS) is 12.3. The van der Waals surface area contributed by atoms with Gasteiger partial charge in [0.2, 0.25) is 5.78 Å². The molecule has 0 bridgehead atoms. The molecule has 0 fully saturated rings. The van der Waals surface area contributed by atoms with Crippen LogP contribution in [0, 0.1) is 0 Å². The zero-order valence-electron chi connectivity index (χ0n) is 11.1. The Morgan fingerprint density at radius 2 is 2.14 bits per heavy atom. The average molecular weight is 296 g/mol. The number of carbonyl (C=O) groups excluding carboxylic acids is 1. The molecular formula is C16H10NO3S-. The molecule has 4 rings (SSSR count). The second-order valence-corrected chi connectivity index (χ2v) is 5.66. The molecule has 0 radical (unpaired) electrons. The first-order valence-corrected chi connectivity index (χ1v) is 7.28. The molecule has 0 saturated heterocycles. The molecule has 1 aliphatic rings. The molecule has 0 amide bonds. The van der Waals surface area contributed by atoms with E-state index in [9.17, 15) is 9.90 Å².